The number of amides is 1. The number of aryl methyl sites for hydroxylation is 1. The van der Waals surface area contributed by atoms with Gasteiger partial charge in [-0.05, 0) is 48.9 Å². The lowest BCUT2D eigenvalue weighted by Gasteiger charge is -2.32. The molecule has 1 fully saturated rings. The van der Waals surface area contributed by atoms with Crippen LogP contribution in [0.5, 0.6) is 11.5 Å². The van der Waals surface area contributed by atoms with Gasteiger partial charge in [0.1, 0.15) is 0 Å². The molecule has 1 amide bonds. The third-order valence-corrected chi connectivity index (χ3v) is 5.91. The maximum absolute atomic E-state index is 12.9. The molecule has 1 unspecified atom stereocenters. The molecule has 1 aliphatic heterocycles. The summed E-state index contributed by atoms with van der Waals surface area (Å²) in [7, 11) is 3.13. The molecule has 0 spiro atoms. The lowest BCUT2D eigenvalue weighted by Crippen LogP contribution is -2.42. The maximum atomic E-state index is 12.9. The molecule has 1 aromatic carbocycles. The van der Waals surface area contributed by atoms with Gasteiger partial charge < -0.3 is 14.4 Å². The van der Waals surface area contributed by atoms with Gasteiger partial charge >= 0.3 is 0 Å². The van der Waals surface area contributed by atoms with Gasteiger partial charge in [-0.25, -0.2) is 0 Å². The fraction of sp³-hybridized carbons (Fsp3) is 0.429. The topological polar surface area (TPSA) is 55.8 Å². The Labute approximate surface area is 163 Å². The van der Waals surface area contributed by atoms with Gasteiger partial charge in [-0.15, -0.1) is 11.3 Å². The van der Waals surface area contributed by atoms with Crippen LogP contribution in [-0.4, -0.2) is 43.9 Å². The highest BCUT2D eigenvalue weighted by Gasteiger charge is 2.29. The van der Waals surface area contributed by atoms with Crippen molar-refractivity contribution in [1.29, 1.82) is 0 Å². The van der Waals surface area contributed by atoms with Crippen molar-refractivity contribution in [3.05, 3.63) is 46.2 Å². The second-order valence-electron chi connectivity index (χ2n) is 6.69. The van der Waals surface area contributed by atoms with Crippen LogP contribution in [0.25, 0.3) is 0 Å². The van der Waals surface area contributed by atoms with Gasteiger partial charge in [0.15, 0.2) is 17.3 Å². The molecule has 0 bridgehead atoms. The van der Waals surface area contributed by atoms with Crippen molar-refractivity contribution >= 4 is 23.0 Å². The number of Topliss-reactive ketones (excluding diaryl/α,β-unsaturated/α-hetero) is 1. The van der Waals surface area contributed by atoms with Gasteiger partial charge in [-0.3, -0.25) is 9.59 Å². The highest BCUT2D eigenvalue weighted by molar-refractivity contribution is 7.09. The number of carbonyl (C=O) groups excluding carboxylic acids is 2. The number of hydrogen-bond acceptors (Lipinski definition) is 5. The molecule has 0 saturated carbocycles. The van der Waals surface area contributed by atoms with Gasteiger partial charge in [0.2, 0.25) is 5.91 Å². The summed E-state index contributed by atoms with van der Waals surface area (Å²) in [5, 5.41) is 2.03. The molecular formula is C21H25NO4S. The van der Waals surface area contributed by atoms with E-state index in [9.17, 15) is 9.59 Å². The van der Waals surface area contributed by atoms with Crippen molar-refractivity contribution in [2.45, 2.75) is 25.7 Å². The molecule has 1 atom stereocenters. The lowest BCUT2D eigenvalue weighted by molar-refractivity contribution is -0.132. The van der Waals surface area contributed by atoms with E-state index in [1.54, 1.807) is 43.8 Å². The molecule has 1 aliphatic rings. The first-order valence-electron chi connectivity index (χ1n) is 9.18. The van der Waals surface area contributed by atoms with E-state index in [0.29, 0.717) is 30.0 Å². The number of methoxy groups -OCH3 is 2. The summed E-state index contributed by atoms with van der Waals surface area (Å²) >= 11 is 1.67. The van der Waals surface area contributed by atoms with E-state index < -0.39 is 0 Å². The Hall–Kier alpha value is -2.34. The number of piperidine rings is 1. The monoisotopic (exact) mass is 387 g/mol. The fourth-order valence-electron chi connectivity index (χ4n) is 3.49. The van der Waals surface area contributed by atoms with E-state index in [1.165, 1.54) is 4.88 Å². The average Bonchev–Trinajstić information content (AvgIpc) is 3.24. The number of carbonyl (C=O) groups is 2. The molecule has 5 nitrogen and oxygen atoms in total. The maximum Gasteiger partial charge on any atom is 0.222 e. The van der Waals surface area contributed by atoms with Crippen molar-refractivity contribution in [3.63, 3.8) is 0 Å². The highest BCUT2D eigenvalue weighted by atomic mass is 32.1. The minimum Gasteiger partial charge on any atom is -0.493 e. The summed E-state index contributed by atoms with van der Waals surface area (Å²) in [5.41, 5.74) is 0.602. The number of benzene rings is 1. The smallest absolute Gasteiger partial charge is 0.222 e. The zero-order valence-electron chi connectivity index (χ0n) is 15.8. The summed E-state index contributed by atoms with van der Waals surface area (Å²) < 4.78 is 10.5. The van der Waals surface area contributed by atoms with E-state index in [4.69, 9.17) is 9.47 Å². The molecule has 3 rings (SSSR count). The Morgan fingerprint density at radius 3 is 2.70 bits per heavy atom. The number of hydrogen-bond donors (Lipinski definition) is 0. The molecule has 0 aliphatic carbocycles. The number of thiophene rings is 1. The van der Waals surface area contributed by atoms with E-state index in [1.807, 2.05) is 16.3 Å². The third kappa shape index (κ3) is 4.69. The summed E-state index contributed by atoms with van der Waals surface area (Å²) in [6.07, 6.45) is 2.93. The Balaban J connectivity index is 1.63. The molecule has 0 N–H and O–H groups in total. The molecule has 2 heterocycles. The van der Waals surface area contributed by atoms with Crippen LogP contribution >= 0.6 is 11.3 Å². The number of rotatable bonds is 7. The average molecular weight is 388 g/mol. The quantitative estimate of drug-likeness (QED) is 0.678. The van der Waals surface area contributed by atoms with Crippen LogP contribution in [0.4, 0.5) is 0 Å². The number of nitrogens with zero attached hydrogens (tertiary/aromatic N) is 1. The Morgan fingerprint density at radius 1 is 1.19 bits per heavy atom. The second kappa shape index (κ2) is 9.04. The van der Waals surface area contributed by atoms with Gasteiger partial charge in [-0.1, -0.05) is 6.07 Å². The lowest BCUT2D eigenvalue weighted by atomic mass is 9.89. The van der Waals surface area contributed by atoms with Crippen molar-refractivity contribution in [2.24, 2.45) is 5.92 Å². The summed E-state index contributed by atoms with van der Waals surface area (Å²) in [4.78, 5) is 28.6. The first-order chi connectivity index (χ1) is 13.1. The zero-order chi connectivity index (χ0) is 19.2. The van der Waals surface area contributed by atoms with Crippen molar-refractivity contribution in [3.8, 4) is 11.5 Å². The molecule has 27 heavy (non-hydrogen) atoms. The van der Waals surface area contributed by atoms with Crippen LogP contribution < -0.4 is 9.47 Å². The summed E-state index contributed by atoms with van der Waals surface area (Å²) in [5.74, 6) is 1.17. The molecule has 1 aromatic heterocycles. The molecule has 1 saturated heterocycles. The van der Waals surface area contributed by atoms with E-state index >= 15 is 0 Å². The fourth-order valence-corrected chi connectivity index (χ4v) is 4.19. The van der Waals surface area contributed by atoms with Crippen molar-refractivity contribution in [2.75, 3.05) is 27.3 Å². The van der Waals surface area contributed by atoms with Crippen LogP contribution in [0.1, 0.15) is 34.5 Å². The van der Waals surface area contributed by atoms with E-state index in [0.717, 1.165) is 25.8 Å². The predicted molar refractivity (Wildman–Crippen MR) is 106 cm³/mol. The minimum atomic E-state index is -0.164. The number of ketones is 1. The van der Waals surface area contributed by atoms with Crippen LogP contribution in [0.3, 0.4) is 0 Å². The summed E-state index contributed by atoms with van der Waals surface area (Å²) in [6, 6.07) is 9.29. The van der Waals surface area contributed by atoms with E-state index in [-0.39, 0.29) is 17.6 Å². The Bertz CT molecular complexity index is 787. The van der Waals surface area contributed by atoms with Crippen molar-refractivity contribution < 1.29 is 19.1 Å². The molecule has 2 aromatic rings. The predicted octanol–water partition coefficient (Wildman–Crippen LogP) is 3.82. The molecule has 6 heteroatoms. The van der Waals surface area contributed by atoms with Crippen LogP contribution in [-0.2, 0) is 11.2 Å². The second-order valence-corrected chi connectivity index (χ2v) is 7.72. The van der Waals surface area contributed by atoms with Crippen LogP contribution in [0, 0.1) is 5.92 Å². The molecular weight excluding hydrogens is 362 g/mol. The minimum absolute atomic E-state index is 0.0618. The van der Waals surface area contributed by atoms with Gasteiger partial charge in [0, 0.05) is 35.9 Å². The number of likely N-dealkylation sites (tertiary alicyclic amines) is 1. The first kappa shape index (κ1) is 19.4. The number of ether oxygens (including phenoxy) is 2. The third-order valence-electron chi connectivity index (χ3n) is 4.98. The largest absolute Gasteiger partial charge is 0.493 e. The van der Waals surface area contributed by atoms with Crippen LogP contribution in [0.15, 0.2) is 35.7 Å². The van der Waals surface area contributed by atoms with Crippen molar-refractivity contribution in [1.82, 2.24) is 4.90 Å². The van der Waals surface area contributed by atoms with Gasteiger partial charge in [-0.2, -0.15) is 0 Å². The molecule has 0 radical (unpaired) electrons. The standard InChI is InChI=1S/C21H25NO4S/c1-25-18-9-7-15(13-19(18)26-2)21(24)16-5-3-11-22(14-16)20(23)10-8-17-6-4-12-27-17/h4,6-7,9,12-13,16H,3,5,8,10-11,14H2,1-2H3. The van der Waals surface area contributed by atoms with Gasteiger partial charge in [0.05, 0.1) is 14.2 Å². The molecule has 144 valence electrons. The SMILES string of the molecule is COc1ccc(C(=O)C2CCCN(C(=O)CCc3cccs3)C2)cc1OC. The van der Waals surface area contributed by atoms with Crippen LogP contribution in [0.2, 0.25) is 0 Å². The Kier molecular flexibility index (Phi) is 6.50. The van der Waals surface area contributed by atoms with Gasteiger partial charge in [0.25, 0.3) is 0 Å². The highest BCUT2D eigenvalue weighted by Crippen LogP contribution is 2.30. The normalized spacial score (nSPS) is 16.8. The summed E-state index contributed by atoms with van der Waals surface area (Å²) in [6.45, 7) is 1.23. The van der Waals surface area contributed by atoms with E-state index in [2.05, 4.69) is 6.07 Å². The first-order valence-corrected chi connectivity index (χ1v) is 10.1. The Morgan fingerprint density at radius 2 is 2.00 bits per heavy atom. The zero-order valence-corrected chi connectivity index (χ0v) is 16.6.